The lowest BCUT2D eigenvalue weighted by molar-refractivity contribution is -0.654. The fraction of sp³-hybridized carbons (Fsp3) is 0. The lowest BCUT2D eigenvalue weighted by Crippen LogP contribution is -2.33. The molecular formula is C13H8N4O. The number of aromatic nitrogens is 4. The predicted octanol–water partition coefficient (Wildman–Crippen LogP) is 0.695. The molecule has 5 heteroatoms. The molecule has 0 radical (unpaired) electrons. The molecule has 0 amide bonds. The van der Waals surface area contributed by atoms with Gasteiger partial charge in [-0.25, -0.2) is 0 Å². The monoisotopic (exact) mass is 236 g/mol. The molecule has 2 aromatic heterocycles. The summed E-state index contributed by atoms with van der Waals surface area (Å²) < 4.78 is 3.08. The zero-order chi connectivity index (χ0) is 12.1. The second-order valence-electron chi connectivity index (χ2n) is 4.10. The van der Waals surface area contributed by atoms with Crippen LogP contribution in [0, 0.1) is 0 Å². The molecule has 0 N–H and O–H groups in total. The van der Waals surface area contributed by atoms with Gasteiger partial charge < -0.3 is 5.11 Å². The molecule has 0 saturated carbocycles. The van der Waals surface area contributed by atoms with Crippen LogP contribution in [0.15, 0.2) is 48.5 Å². The molecule has 0 spiro atoms. The molecular weight excluding hydrogens is 228 g/mol. The van der Waals surface area contributed by atoms with Gasteiger partial charge in [-0.1, -0.05) is 30.3 Å². The van der Waals surface area contributed by atoms with Crippen LogP contribution in [0.1, 0.15) is 0 Å². The highest BCUT2D eigenvalue weighted by Gasteiger charge is 2.15. The van der Waals surface area contributed by atoms with Crippen molar-refractivity contribution in [2.75, 3.05) is 0 Å². The Morgan fingerprint density at radius 1 is 0.944 bits per heavy atom. The summed E-state index contributed by atoms with van der Waals surface area (Å²) >= 11 is 0. The summed E-state index contributed by atoms with van der Waals surface area (Å²) in [5.74, 6) is 0. The van der Waals surface area contributed by atoms with Crippen molar-refractivity contribution >= 4 is 21.8 Å². The first kappa shape index (κ1) is 9.35. The lowest BCUT2D eigenvalue weighted by atomic mass is 10.1. The first-order valence-electron chi connectivity index (χ1n) is 5.60. The standard InChI is InChI=1S/C13H8N4O/c18-13-14-16-11-7-3-1-5-9(11)10-6-2-4-8-12(10)17(16)15-13/h1-8H. The van der Waals surface area contributed by atoms with Crippen molar-refractivity contribution in [2.45, 2.75) is 0 Å². The maximum absolute atomic E-state index is 11.4. The molecule has 5 nitrogen and oxygen atoms in total. The Balaban J connectivity index is 2.45. The fourth-order valence-electron chi connectivity index (χ4n) is 2.33. The minimum absolute atomic E-state index is 0.485. The summed E-state index contributed by atoms with van der Waals surface area (Å²) in [4.78, 5) is 0. The number of nitrogens with zero attached hydrogens (tertiary/aromatic N) is 4. The zero-order valence-corrected chi connectivity index (χ0v) is 9.32. The van der Waals surface area contributed by atoms with Crippen LogP contribution in [0.3, 0.4) is 0 Å². The Morgan fingerprint density at radius 2 is 1.67 bits per heavy atom. The Kier molecular flexibility index (Phi) is 1.64. The number of hydrogen-bond acceptors (Lipinski definition) is 3. The largest absolute Gasteiger partial charge is 0.820 e. The third-order valence-electron chi connectivity index (χ3n) is 3.07. The highest BCUT2D eigenvalue weighted by atomic mass is 16.3. The van der Waals surface area contributed by atoms with Gasteiger partial charge in [0, 0.05) is 15.4 Å². The van der Waals surface area contributed by atoms with E-state index in [2.05, 4.69) is 10.2 Å². The average molecular weight is 236 g/mol. The molecule has 2 aromatic carbocycles. The van der Waals surface area contributed by atoms with Gasteiger partial charge in [-0.2, -0.15) is 0 Å². The third kappa shape index (κ3) is 1.08. The van der Waals surface area contributed by atoms with Crippen molar-refractivity contribution in [2.24, 2.45) is 0 Å². The van der Waals surface area contributed by atoms with E-state index in [-0.39, 0.29) is 0 Å². The van der Waals surface area contributed by atoms with Gasteiger partial charge in [0.25, 0.3) is 6.01 Å². The molecule has 0 aliphatic carbocycles. The highest BCUT2D eigenvalue weighted by Crippen LogP contribution is 2.21. The van der Waals surface area contributed by atoms with Gasteiger partial charge in [0.05, 0.1) is 5.10 Å². The Labute approximate surface area is 101 Å². The van der Waals surface area contributed by atoms with Crippen LogP contribution < -0.4 is 9.74 Å². The Bertz CT molecular complexity index is 825. The van der Waals surface area contributed by atoms with E-state index in [1.165, 1.54) is 0 Å². The van der Waals surface area contributed by atoms with E-state index in [1.807, 2.05) is 48.5 Å². The van der Waals surface area contributed by atoms with E-state index in [0.29, 0.717) is 0 Å². The van der Waals surface area contributed by atoms with E-state index in [0.717, 1.165) is 21.8 Å². The van der Waals surface area contributed by atoms with Crippen molar-refractivity contribution in [1.29, 1.82) is 0 Å². The number of tetrazole rings is 1. The topological polar surface area (TPSA) is 57.4 Å². The number of rotatable bonds is 0. The zero-order valence-electron chi connectivity index (χ0n) is 9.32. The van der Waals surface area contributed by atoms with Gasteiger partial charge in [0.15, 0.2) is 5.52 Å². The van der Waals surface area contributed by atoms with Gasteiger partial charge >= 0.3 is 0 Å². The Morgan fingerprint density at radius 3 is 2.56 bits per heavy atom. The van der Waals surface area contributed by atoms with Crippen LogP contribution in [0.25, 0.3) is 21.8 Å². The first-order chi connectivity index (χ1) is 8.84. The summed E-state index contributed by atoms with van der Waals surface area (Å²) in [5, 5.41) is 21.3. The molecule has 0 atom stereocenters. The van der Waals surface area contributed by atoms with Crippen molar-refractivity contribution in [3.63, 3.8) is 0 Å². The summed E-state index contributed by atoms with van der Waals surface area (Å²) in [6, 6.07) is 15.2. The van der Waals surface area contributed by atoms with Gasteiger partial charge in [0.1, 0.15) is 5.52 Å². The maximum Gasteiger partial charge on any atom is 0.277 e. The number of para-hydroxylation sites is 2. The van der Waals surface area contributed by atoms with E-state index in [9.17, 15) is 5.11 Å². The van der Waals surface area contributed by atoms with Crippen molar-refractivity contribution in [1.82, 2.24) is 14.8 Å². The normalized spacial score (nSPS) is 11.6. The van der Waals surface area contributed by atoms with Gasteiger partial charge in [-0.15, -0.1) is 0 Å². The molecule has 86 valence electrons. The van der Waals surface area contributed by atoms with Gasteiger partial charge in [0.2, 0.25) is 0 Å². The van der Waals surface area contributed by atoms with E-state index in [1.54, 1.807) is 9.26 Å². The van der Waals surface area contributed by atoms with Crippen LogP contribution >= 0.6 is 0 Å². The van der Waals surface area contributed by atoms with Crippen LogP contribution in [-0.2, 0) is 0 Å². The first-order valence-corrected chi connectivity index (χ1v) is 5.60. The van der Waals surface area contributed by atoms with E-state index < -0.39 is 6.01 Å². The fourth-order valence-corrected chi connectivity index (χ4v) is 2.33. The average Bonchev–Trinajstić information content (AvgIpc) is 2.81. The molecule has 4 rings (SSSR count). The smallest absolute Gasteiger partial charge is 0.277 e. The van der Waals surface area contributed by atoms with E-state index >= 15 is 0 Å². The van der Waals surface area contributed by atoms with Crippen molar-refractivity contribution in [3.8, 4) is 6.01 Å². The summed E-state index contributed by atoms with van der Waals surface area (Å²) in [5.41, 5.74) is 1.73. The van der Waals surface area contributed by atoms with Gasteiger partial charge in [-0.3, -0.25) is 0 Å². The second kappa shape index (κ2) is 3.16. The van der Waals surface area contributed by atoms with Crippen LogP contribution in [-0.4, -0.2) is 14.8 Å². The number of fused-ring (bicyclic) bond motifs is 6. The minimum atomic E-state index is -0.485. The SMILES string of the molecule is [O-]c1nn2c3ccccc3c3ccccc3[n+]2n1. The van der Waals surface area contributed by atoms with Gasteiger partial charge in [-0.05, 0) is 27.9 Å². The maximum atomic E-state index is 11.4. The van der Waals surface area contributed by atoms with Crippen molar-refractivity contribution in [3.05, 3.63) is 48.5 Å². The third-order valence-corrected chi connectivity index (χ3v) is 3.07. The summed E-state index contributed by atoms with van der Waals surface area (Å²) in [6.07, 6.45) is 0. The molecule has 2 heterocycles. The molecule has 18 heavy (non-hydrogen) atoms. The van der Waals surface area contributed by atoms with Crippen molar-refractivity contribution < 1.29 is 9.74 Å². The highest BCUT2D eigenvalue weighted by molar-refractivity contribution is 6.02. The molecule has 0 unspecified atom stereocenters. The van der Waals surface area contributed by atoms with Crippen LogP contribution in [0.4, 0.5) is 0 Å². The molecule has 0 saturated heterocycles. The summed E-state index contributed by atoms with van der Waals surface area (Å²) in [6.45, 7) is 0. The minimum Gasteiger partial charge on any atom is -0.820 e. The number of benzene rings is 2. The lowest BCUT2D eigenvalue weighted by Gasteiger charge is -2.00. The van der Waals surface area contributed by atoms with E-state index in [4.69, 9.17) is 0 Å². The number of hydrogen-bond donors (Lipinski definition) is 0. The van der Waals surface area contributed by atoms with Crippen LogP contribution in [0.5, 0.6) is 6.01 Å². The molecule has 0 aliphatic rings. The molecule has 0 fully saturated rings. The molecule has 0 bridgehead atoms. The Hall–Kier alpha value is -2.69. The second-order valence-corrected chi connectivity index (χ2v) is 4.10. The summed E-state index contributed by atoms with van der Waals surface area (Å²) in [7, 11) is 0. The van der Waals surface area contributed by atoms with Crippen LogP contribution in [0.2, 0.25) is 0 Å². The molecule has 0 aliphatic heterocycles. The quantitative estimate of drug-likeness (QED) is 0.333. The predicted molar refractivity (Wildman–Crippen MR) is 63.1 cm³/mol. The molecule has 4 aromatic rings.